The van der Waals surface area contributed by atoms with Crippen LogP contribution in [0.3, 0.4) is 0 Å². The fourth-order valence-electron chi connectivity index (χ4n) is 1.23. The smallest absolute Gasteiger partial charge is 0.261 e. The Kier molecular flexibility index (Phi) is 6.64. The Balaban J connectivity index is 2.45. The van der Waals surface area contributed by atoms with Crippen molar-refractivity contribution >= 4 is 23.2 Å². The Morgan fingerprint density at radius 2 is 2.21 bits per heavy atom. The van der Waals surface area contributed by atoms with Crippen molar-refractivity contribution in [2.45, 2.75) is 12.8 Å². The van der Waals surface area contributed by atoms with Crippen LogP contribution in [0.4, 0.5) is 0 Å². The number of hydrogen-bond donors (Lipinski definition) is 3. The van der Waals surface area contributed by atoms with Gasteiger partial charge in [0, 0.05) is 26.4 Å². The molecule has 5 nitrogen and oxygen atoms in total. The van der Waals surface area contributed by atoms with Gasteiger partial charge in [-0.05, 0) is 12.1 Å². The van der Waals surface area contributed by atoms with Gasteiger partial charge in [0.1, 0.15) is 0 Å². The molecule has 0 unspecified atom stereocenters. The van der Waals surface area contributed by atoms with Crippen molar-refractivity contribution in [2.75, 3.05) is 20.2 Å². The van der Waals surface area contributed by atoms with Crippen LogP contribution < -0.4 is 10.6 Å². The fraction of sp³-hybridized carbons (Fsp3) is 0.385. The molecule has 0 fully saturated rings. The summed E-state index contributed by atoms with van der Waals surface area (Å²) in [6.07, 6.45) is 0.683. The van der Waals surface area contributed by atoms with E-state index in [9.17, 15) is 9.59 Å². The molecule has 1 aromatic heterocycles. The van der Waals surface area contributed by atoms with Crippen LogP contribution in [0.15, 0.2) is 12.1 Å². The first-order valence-electron chi connectivity index (χ1n) is 5.85. The van der Waals surface area contributed by atoms with Gasteiger partial charge in [-0.25, -0.2) is 0 Å². The van der Waals surface area contributed by atoms with Crippen LogP contribution in [0.25, 0.3) is 0 Å². The molecule has 1 heterocycles. The third-order valence-corrected chi connectivity index (χ3v) is 3.19. The summed E-state index contributed by atoms with van der Waals surface area (Å²) in [5, 5.41) is 13.8. The Bertz CT molecular complexity index is 499. The number of aliphatic hydroxyl groups excluding tert-OH is 1. The molecular weight excluding hydrogens is 264 g/mol. The molecule has 0 atom stereocenters. The molecule has 0 saturated heterocycles. The maximum absolute atomic E-state index is 11.7. The zero-order valence-corrected chi connectivity index (χ0v) is 11.5. The molecule has 0 spiro atoms. The molecule has 0 aliphatic carbocycles. The van der Waals surface area contributed by atoms with Gasteiger partial charge in [-0.2, -0.15) is 0 Å². The van der Waals surface area contributed by atoms with Crippen LogP contribution >= 0.6 is 11.3 Å². The molecule has 0 aromatic carbocycles. The quantitative estimate of drug-likeness (QED) is 0.681. The molecule has 0 aliphatic rings. The lowest BCUT2D eigenvalue weighted by atomic mass is 10.3. The second-order valence-electron chi connectivity index (χ2n) is 3.62. The molecule has 6 heteroatoms. The number of carbonyl (C=O) groups excluding carboxylic acids is 2. The van der Waals surface area contributed by atoms with Gasteiger partial charge in [-0.1, -0.05) is 11.8 Å². The number of aliphatic hydroxyl groups is 1. The van der Waals surface area contributed by atoms with Gasteiger partial charge in [-0.15, -0.1) is 11.3 Å². The second-order valence-corrected chi connectivity index (χ2v) is 4.70. The summed E-state index contributed by atoms with van der Waals surface area (Å²) in [4.78, 5) is 24.1. The van der Waals surface area contributed by atoms with Crippen LogP contribution in [0, 0.1) is 11.8 Å². The SMILES string of the molecule is CNC(=O)CCNC(=O)c1ccc(C#CCCO)s1. The second kappa shape index (κ2) is 8.29. The minimum Gasteiger partial charge on any atom is -0.395 e. The fourth-order valence-corrected chi connectivity index (χ4v) is 2.03. The summed E-state index contributed by atoms with van der Waals surface area (Å²) < 4.78 is 0. The number of hydrogen-bond acceptors (Lipinski definition) is 4. The average molecular weight is 280 g/mol. The molecule has 2 amide bonds. The van der Waals surface area contributed by atoms with Gasteiger partial charge in [0.15, 0.2) is 0 Å². The van der Waals surface area contributed by atoms with Crippen molar-refractivity contribution in [1.82, 2.24) is 10.6 Å². The summed E-state index contributed by atoms with van der Waals surface area (Å²) in [5.74, 6) is 5.35. The van der Waals surface area contributed by atoms with E-state index in [1.54, 1.807) is 19.2 Å². The van der Waals surface area contributed by atoms with Crippen molar-refractivity contribution in [2.24, 2.45) is 0 Å². The zero-order valence-electron chi connectivity index (χ0n) is 10.7. The van der Waals surface area contributed by atoms with E-state index in [2.05, 4.69) is 22.5 Å². The molecular formula is C13H16N2O3S. The summed E-state index contributed by atoms with van der Waals surface area (Å²) in [6.45, 7) is 0.340. The van der Waals surface area contributed by atoms with Crippen LogP contribution in [0.2, 0.25) is 0 Å². The number of rotatable bonds is 5. The summed E-state index contributed by atoms with van der Waals surface area (Å²) in [6, 6.07) is 3.46. The largest absolute Gasteiger partial charge is 0.395 e. The van der Waals surface area contributed by atoms with Gasteiger partial charge in [0.05, 0.1) is 16.4 Å². The predicted molar refractivity (Wildman–Crippen MR) is 73.9 cm³/mol. The number of carbonyl (C=O) groups is 2. The van der Waals surface area contributed by atoms with Crippen LogP contribution in [-0.2, 0) is 4.79 Å². The van der Waals surface area contributed by atoms with Crippen LogP contribution in [-0.4, -0.2) is 37.1 Å². The van der Waals surface area contributed by atoms with E-state index in [1.807, 2.05) is 0 Å². The zero-order chi connectivity index (χ0) is 14.1. The molecule has 3 N–H and O–H groups in total. The lowest BCUT2D eigenvalue weighted by molar-refractivity contribution is -0.120. The molecule has 1 rings (SSSR count). The third kappa shape index (κ3) is 5.55. The first-order valence-corrected chi connectivity index (χ1v) is 6.67. The monoisotopic (exact) mass is 280 g/mol. The number of nitrogens with one attached hydrogen (secondary N) is 2. The van der Waals surface area contributed by atoms with Crippen molar-refractivity contribution in [3.8, 4) is 11.8 Å². The van der Waals surface area contributed by atoms with E-state index in [-0.39, 0.29) is 24.8 Å². The standard InChI is InChI=1S/C13H16N2O3S/c1-14-12(17)7-8-15-13(18)11-6-5-10(19-11)4-2-3-9-16/h5-6,16H,3,7-9H2,1H3,(H,14,17)(H,15,18). The highest BCUT2D eigenvalue weighted by Gasteiger charge is 2.08. The summed E-state index contributed by atoms with van der Waals surface area (Å²) in [7, 11) is 1.56. The van der Waals surface area contributed by atoms with E-state index in [0.717, 1.165) is 4.88 Å². The third-order valence-electron chi connectivity index (χ3n) is 2.19. The first kappa shape index (κ1) is 15.2. The first-order chi connectivity index (χ1) is 9.17. The minimum absolute atomic E-state index is 0.0329. The summed E-state index contributed by atoms with van der Waals surface area (Å²) >= 11 is 1.29. The van der Waals surface area contributed by atoms with E-state index in [0.29, 0.717) is 17.8 Å². The van der Waals surface area contributed by atoms with Gasteiger partial charge < -0.3 is 15.7 Å². The highest BCUT2D eigenvalue weighted by atomic mass is 32.1. The molecule has 0 saturated carbocycles. The van der Waals surface area contributed by atoms with Gasteiger partial charge in [0.2, 0.25) is 5.91 Å². The Morgan fingerprint density at radius 3 is 2.89 bits per heavy atom. The molecule has 0 radical (unpaired) electrons. The molecule has 0 bridgehead atoms. The van der Waals surface area contributed by atoms with E-state index in [4.69, 9.17) is 5.11 Å². The van der Waals surface area contributed by atoms with Crippen molar-refractivity contribution in [3.63, 3.8) is 0 Å². The molecule has 102 valence electrons. The van der Waals surface area contributed by atoms with Crippen LogP contribution in [0.5, 0.6) is 0 Å². The predicted octanol–water partition coefficient (Wildman–Crippen LogP) is 0.348. The number of amides is 2. The Labute approximate surface area is 116 Å². The van der Waals surface area contributed by atoms with Crippen molar-refractivity contribution in [1.29, 1.82) is 0 Å². The Hall–Kier alpha value is -1.84. The Morgan fingerprint density at radius 1 is 1.42 bits per heavy atom. The van der Waals surface area contributed by atoms with Crippen molar-refractivity contribution < 1.29 is 14.7 Å². The van der Waals surface area contributed by atoms with E-state index >= 15 is 0 Å². The normalized spacial score (nSPS) is 9.37. The van der Waals surface area contributed by atoms with E-state index in [1.165, 1.54) is 11.3 Å². The maximum atomic E-state index is 11.7. The van der Waals surface area contributed by atoms with Gasteiger partial charge in [0.25, 0.3) is 5.91 Å². The lowest BCUT2D eigenvalue weighted by Crippen LogP contribution is -2.28. The maximum Gasteiger partial charge on any atom is 0.261 e. The summed E-state index contributed by atoms with van der Waals surface area (Å²) in [5.41, 5.74) is 0. The minimum atomic E-state index is -0.205. The van der Waals surface area contributed by atoms with Crippen LogP contribution in [0.1, 0.15) is 27.4 Å². The highest BCUT2D eigenvalue weighted by molar-refractivity contribution is 7.14. The topological polar surface area (TPSA) is 78.4 Å². The molecule has 0 aliphatic heterocycles. The van der Waals surface area contributed by atoms with Gasteiger partial charge >= 0.3 is 0 Å². The van der Waals surface area contributed by atoms with Gasteiger partial charge in [-0.3, -0.25) is 9.59 Å². The van der Waals surface area contributed by atoms with Crippen molar-refractivity contribution in [3.05, 3.63) is 21.9 Å². The lowest BCUT2D eigenvalue weighted by Gasteiger charge is -2.02. The average Bonchev–Trinajstić information content (AvgIpc) is 2.87. The molecule has 1 aromatic rings. The molecule has 19 heavy (non-hydrogen) atoms. The number of thiophene rings is 1. The van der Waals surface area contributed by atoms with E-state index < -0.39 is 0 Å². The highest BCUT2D eigenvalue weighted by Crippen LogP contribution is 2.15.